The lowest BCUT2D eigenvalue weighted by Crippen LogP contribution is -3.00. The highest BCUT2D eigenvalue weighted by Gasteiger charge is 2.52. The van der Waals surface area contributed by atoms with Gasteiger partial charge in [-0.3, -0.25) is 4.79 Å². The van der Waals surface area contributed by atoms with Gasteiger partial charge >= 0.3 is 0 Å². The average Bonchev–Trinajstić information content (AvgIpc) is 2.85. The highest BCUT2D eigenvalue weighted by Crippen LogP contribution is 2.57. The van der Waals surface area contributed by atoms with Crippen molar-refractivity contribution >= 4 is 28.7 Å². The maximum atomic E-state index is 14.1. The fourth-order valence-corrected chi connectivity index (χ4v) is 8.36. The molecule has 0 aliphatic heterocycles. The van der Waals surface area contributed by atoms with Crippen LogP contribution in [-0.2, 0) is 11.2 Å². The Hall–Kier alpha value is -2.73. The Morgan fingerprint density at radius 2 is 0.906 bits per heavy atom. The molecule has 4 rings (SSSR count). The van der Waals surface area contributed by atoms with E-state index in [2.05, 4.69) is 97.1 Å². The topological polar surface area (TPSA) is 17.1 Å². The summed E-state index contributed by atoms with van der Waals surface area (Å²) >= 11 is 0. The third kappa shape index (κ3) is 5.18. The van der Waals surface area contributed by atoms with Crippen LogP contribution >= 0.6 is 7.26 Å². The van der Waals surface area contributed by atoms with Crippen LogP contribution in [0.3, 0.4) is 0 Å². The molecule has 0 heterocycles. The molecule has 0 saturated carbocycles. The molecule has 0 spiro atoms. The van der Waals surface area contributed by atoms with Crippen LogP contribution in [0.2, 0.25) is 0 Å². The third-order valence-electron chi connectivity index (χ3n) is 5.75. The smallest absolute Gasteiger partial charge is 0.283 e. The second-order valence-electron chi connectivity index (χ2n) is 7.76. The van der Waals surface area contributed by atoms with Gasteiger partial charge in [0.25, 0.3) is 5.52 Å². The van der Waals surface area contributed by atoms with E-state index >= 15 is 0 Å². The summed E-state index contributed by atoms with van der Waals surface area (Å²) < 4.78 is 0. The summed E-state index contributed by atoms with van der Waals surface area (Å²) in [5, 5.41) is 3.42. The van der Waals surface area contributed by atoms with E-state index < -0.39 is 7.26 Å². The zero-order valence-corrected chi connectivity index (χ0v) is 19.8. The molecule has 3 heteroatoms. The zero-order valence-electron chi connectivity index (χ0n) is 18.1. The molecule has 0 bridgehead atoms. The molecule has 32 heavy (non-hydrogen) atoms. The quantitative estimate of drug-likeness (QED) is 0.278. The number of unbranched alkanes of at least 4 members (excludes halogenated alkanes) is 1. The summed E-state index contributed by atoms with van der Waals surface area (Å²) in [7, 11) is -2.40. The van der Waals surface area contributed by atoms with Crippen LogP contribution in [-0.4, -0.2) is 5.52 Å². The first-order valence-electron chi connectivity index (χ1n) is 10.9. The molecule has 0 aliphatic carbocycles. The van der Waals surface area contributed by atoms with Crippen LogP contribution in [0.15, 0.2) is 121 Å². The monoisotopic (exact) mass is 458 g/mol. The van der Waals surface area contributed by atoms with Crippen molar-refractivity contribution < 1.29 is 17.2 Å². The molecule has 0 amide bonds. The summed E-state index contributed by atoms with van der Waals surface area (Å²) in [6.45, 7) is 0. The molecule has 162 valence electrons. The summed E-state index contributed by atoms with van der Waals surface area (Å²) in [4.78, 5) is 14.1. The van der Waals surface area contributed by atoms with Crippen LogP contribution in [0.25, 0.3) is 0 Å². The van der Waals surface area contributed by atoms with E-state index in [4.69, 9.17) is 0 Å². The van der Waals surface area contributed by atoms with Gasteiger partial charge in [-0.2, -0.15) is 0 Å². The van der Waals surface area contributed by atoms with Gasteiger partial charge in [-0.1, -0.05) is 84.9 Å². The van der Waals surface area contributed by atoms with Crippen LogP contribution in [0.5, 0.6) is 0 Å². The van der Waals surface area contributed by atoms with Gasteiger partial charge in [0.1, 0.15) is 15.9 Å². The van der Waals surface area contributed by atoms with Crippen molar-refractivity contribution in [2.75, 3.05) is 0 Å². The fourth-order valence-electron chi connectivity index (χ4n) is 4.25. The molecule has 0 aromatic heterocycles. The lowest BCUT2D eigenvalue weighted by Gasteiger charge is -2.25. The second-order valence-corrected chi connectivity index (χ2v) is 11.2. The van der Waals surface area contributed by atoms with Crippen molar-refractivity contribution in [1.29, 1.82) is 0 Å². The minimum absolute atomic E-state index is 0. The molecule has 0 unspecified atom stereocenters. The Morgan fingerprint density at radius 3 is 1.31 bits per heavy atom. The largest absolute Gasteiger partial charge is 1.00 e. The molecule has 1 nitrogen and oxygen atoms in total. The fraction of sp³-hybridized carbons (Fsp3) is 0.138. The van der Waals surface area contributed by atoms with E-state index in [0.29, 0.717) is 11.9 Å². The molecule has 0 fully saturated rings. The first-order valence-corrected chi connectivity index (χ1v) is 12.7. The van der Waals surface area contributed by atoms with Crippen molar-refractivity contribution in [2.45, 2.75) is 25.7 Å². The summed E-state index contributed by atoms with van der Waals surface area (Å²) in [6, 6.07) is 41.7. The van der Waals surface area contributed by atoms with Gasteiger partial charge in [0.15, 0.2) is 7.26 Å². The number of aryl methyl sites for hydroxylation is 1. The van der Waals surface area contributed by atoms with Gasteiger partial charge in [-0.25, -0.2) is 0 Å². The van der Waals surface area contributed by atoms with Crippen LogP contribution in [0.1, 0.15) is 24.8 Å². The van der Waals surface area contributed by atoms with Crippen molar-refractivity contribution in [3.05, 3.63) is 127 Å². The number of benzene rings is 4. The van der Waals surface area contributed by atoms with E-state index in [1.54, 1.807) is 0 Å². The second kappa shape index (κ2) is 11.8. The molecule has 0 aliphatic rings. The van der Waals surface area contributed by atoms with Crippen molar-refractivity contribution in [3.8, 4) is 0 Å². The Morgan fingerprint density at radius 1 is 0.531 bits per heavy atom. The van der Waals surface area contributed by atoms with Crippen LogP contribution < -0.4 is 28.3 Å². The number of hydrogen-bond donors (Lipinski definition) is 0. The predicted octanol–water partition coefficient (Wildman–Crippen LogP) is 2.92. The number of hydrogen-bond acceptors (Lipinski definition) is 1. The van der Waals surface area contributed by atoms with E-state index in [1.807, 2.05) is 24.3 Å². The molecular weight excluding hydrogens is 431 g/mol. The molecule has 0 radical (unpaired) electrons. The summed E-state index contributed by atoms with van der Waals surface area (Å²) in [5.74, 6) is 0. The highest BCUT2D eigenvalue weighted by atomic mass is 35.5. The number of halogens is 1. The van der Waals surface area contributed by atoms with E-state index in [-0.39, 0.29) is 12.4 Å². The molecule has 0 saturated heterocycles. The predicted molar refractivity (Wildman–Crippen MR) is 134 cm³/mol. The number of rotatable bonds is 9. The zero-order chi connectivity index (χ0) is 21.4. The van der Waals surface area contributed by atoms with Gasteiger partial charge in [0, 0.05) is 6.42 Å². The van der Waals surface area contributed by atoms with Crippen molar-refractivity contribution in [3.63, 3.8) is 0 Å². The van der Waals surface area contributed by atoms with Gasteiger partial charge in [0.05, 0.1) is 0 Å². The number of carbonyl (C=O) groups excluding carboxylic acids is 1. The van der Waals surface area contributed by atoms with Gasteiger partial charge in [-0.05, 0) is 61.2 Å². The SMILES string of the molecule is O=C(CCCCc1ccccc1)[P+](c1ccccc1)(c1ccccc1)c1ccccc1.[Cl-]. The van der Waals surface area contributed by atoms with Gasteiger partial charge < -0.3 is 12.4 Å². The lowest BCUT2D eigenvalue weighted by atomic mass is 10.1. The van der Waals surface area contributed by atoms with Crippen molar-refractivity contribution in [2.24, 2.45) is 0 Å². The average molecular weight is 459 g/mol. The van der Waals surface area contributed by atoms with Crippen LogP contribution in [0.4, 0.5) is 0 Å². The van der Waals surface area contributed by atoms with E-state index in [0.717, 1.165) is 35.2 Å². The maximum absolute atomic E-state index is 14.1. The molecular formula is C29H28ClOP. The minimum Gasteiger partial charge on any atom is -1.00 e. The van der Waals surface area contributed by atoms with Gasteiger partial charge in [-0.15, -0.1) is 0 Å². The van der Waals surface area contributed by atoms with E-state index in [9.17, 15) is 4.79 Å². The first kappa shape index (κ1) is 23.9. The maximum Gasteiger partial charge on any atom is 0.283 e. The van der Waals surface area contributed by atoms with E-state index in [1.165, 1.54) is 5.56 Å². The van der Waals surface area contributed by atoms with Crippen molar-refractivity contribution in [1.82, 2.24) is 0 Å². The minimum atomic E-state index is -2.40. The van der Waals surface area contributed by atoms with Crippen LogP contribution in [0, 0.1) is 0 Å². The highest BCUT2D eigenvalue weighted by molar-refractivity contribution is 8.08. The summed E-state index contributed by atoms with van der Waals surface area (Å²) in [5.41, 5.74) is 1.70. The molecule has 4 aromatic rings. The molecule has 0 atom stereocenters. The Balaban J connectivity index is 0.00000289. The molecule has 0 N–H and O–H groups in total. The Kier molecular flexibility index (Phi) is 8.80. The standard InChI is InChI=1S/C29H28OP.ClH/c30-29(24-14-13-17-25-15-5-1-6-16-25)31(26-18-7-2-8-19-26,27-20-9-3-10-21-27)28-22-11-4-12-23-28;/h1-12,15-16,18-23H,13-14,17,24H2;1H/q+1;/p-1. The lowest BCUT2D eigenvalue weighted by molar-refractivity contribution is -0.111. The summed E-state index contributed by atoms with van der Waals surface area (Å²) in [6.07, 6.45) is 3.54. The number of carbonyl (C=O) groups is 1. The Labute approximate surface area is 198 Å². The third-order valence-corrected chi connectivity index (χ3v) is 9.94. The first-order chi connectivity index (χ1) is 15.3. The Bertz CT molecular complexity index is 986. The molecule has 4 aromatic carbocycles. The van der Waals surface area contributed by atoms with Gasteiger partial charge in [0.2, 0.25) is 0 Å². The normalized spacial score (nSPS) is 10.9.